The molecule has 0 aliphatic carbocycles. The smallest absolute Gasteiger partial charge is 0.330 e. The maximum absolute atomic E-state index is 11.3. The van der Waals surface area contributed by atoms with Crippen LogP contribution in [0.2, 0.25) is 0 Å². The minimum Gasteiger partial charge on any atom is -0.480 e. The maximum atomic E-state index is 11.3. The van der Waals surface area contributed by atoms with Gasteiger partial charge in [0.2, 0.25) is 0 Å². The van der Waals surface area contributed by atoms with E-state index in [0.717, 1.165) is 16.7 Å². The molecule has 1 unspecified atom stereocenters. The number of esters is 1. The Kier molecular flexibility index (Phi) is 5.11. The summed E-state index contributed by atoms with van der Waals surface area (Å²) >= 11 is 0. The van der Waals surface area contributed by atoms with Crippen LogP contribution in [0.25, 0.3) is 6.08 Å². The van der Waals surface area contributed by atoms with Gasteiger partial charge in [0.25, 0.3) is 0 Å². The molecule has 2 rings (SSSR count). The van der Waals surface area contributed by atoms with E-state index in [9.17, 15) is 9.59 Å². The average molecular weight is 289 g/mol. The van der Waals surface area contributed by atoms with Crippen molar-refractivity contribution in [1.82, 2.24) is 5.32 Å². The zero-order chi connectivity index (χ0) is 15.2. The molecule has 1 aliphatic rings. The van der Waals surface area contributed by atoms with E-state index < -0.39 is 12.0 Å². The predicted molar refractivity (Wildman–Crippen MR) is 78.7 cm³/mol. The Morgan fingerprint density at radius 3 is 2.95 bits per heavy atom. The third kappa shape index (κ3) is 4.16. The number of aryl methyl sites for hydroxylation is 1. The van der Waals surface area contributed by atoms with Gasteiger partial charge in [0, 0.05) is 12.6 Å². The number of rotatable bonds is 4. The third-order valence-electron chi connectivity index (χ3n) is 3.47. The molecule has 1 aliphatic heterocycles. The first-order chi connectivity index (χ1) is 10.1. The summed E-state index contributed by atoms with van der Waals surface area (Å²) in [7, 11) is 0. The highest BCUT2D eigenvalue weighted by atomic mass is 16.5. The highest BCUT2D eigenvalue weighted by Crippen LogP contribution is 2.19. The van der Waals surface area contributed by atoms with E-state index in [-0.39, 0.29) is 5.97 Å². The van der Waals surface area contributed by atoms with Crippen molar-refractivity contribution in [2.75, 3.05) is 6.61 Å². The molecular weight excluding hydrogens is 270 g/mol. The molecule has 5 heteroatoms. The standard InChI is InChI=1S/C16H19NO4/c1-2-21-15(18)8-4-11-3-5-13-10-17-14(16(19)20)7-6-12(13)9-11/h3-5,8-9,14,17H,2,6-7,10H2,1H3,(H,19,20). The van der Waals surface area contributed by atoms with Crippen molar-refractivity contribution in [3.05, 3.63) is 41.0 Å². The first-order valence-electron chi connectivity index (χ1n) is 7.03. The molecule has 0 bridgehead atoms. The highest BCUT2D eigenvalue weighted by molar-refractivity contribution is 5.87. The number of hydrogen-bond acceptors (Lipinski definition) is 4. The molecule has 1 aromatic rings. The number of nitrogens with one attached hydrogen (secondary N) is 1. The summed E-state index contributed by atoms with van der Waals surface area (Å²) in [4.78, 5) is 22.3. The van der Waals surface area contributed by atoms with Gasteiger partial charge in [-0.15, -0.1) is 0 Å². The molecule has 0 aromatic heterocycles. The van der Waals surface area contributed by atoms with Crippen LogP contribution in [0, 0.1) is 0 Å². The van der Waals surface area contributed by atoms with Gasteiger partial charge in [-0.3, -0.25) is 4.79 Å². The second-order valence-electron chi connectivity index (χ2n) is 4.92. The summed E-state index contributed by atoms with van der Waals surface area (Å²) in [5, 5.41) is 12.1. The molecule has 0 saturated heterocycles. The largest absolute Gasteiger partial charge is 0.480 e. The van der Waals surface area contributed by atoms with Crippen LogP contribution in [0.1, 0.15) is 30.0 Å². The van der Waals surface area contributed by atoms with Crippen molar-refractivity contribution in [2.24, 2.45) is 0 Å². The zero-order valence-corrected chi connectivity index (χ0v) is 12.0. The Morgan fingerprint density at radius 1 is 1.43 bits per heavy atom. The minimum absolute atomic E-state index is 0.357. The summed E-state index contributed by atoms with van der Waals surface area (Å²) in [5.74, 6) is -1.18. The number of fused-ring (bicyclic) bond motifs is 1. The van der Waals surface area contributed by atoms with Crippen LogP contribution in [0.4, 0.5) is 0 Å². The quantitative estimate of drug-likeness (QED) is 0.652. The number of ether oxygens (including phenoxy) is 1. The molecule has 1 heterocycles. The minimum atomic E-state index is -0.815. The normalized spacial score (nSPS) is 18.0. The van der Waals surface area contributed by atoms with E-state index in [0.29, 0.717) is 26.0 Å². The number of carbonyl (C=O) groups excluding carboxylic acids is 1. The Hall–Kier alpha value is -2.14. The van der Waals surface area contributed by atoms with Gasteiger partial charge in [-0.25, -0.2) is 4.79 Å². The molecule has 0 radical (unpaired) electrons. The number of benzene rings is 1. The molecule has 2 N–H and O–H groups in total. The topological polar surface area (TPSA) is 75.6 Å². The summed E-state index contributed by atoms with van der Waals surface area (Å²) in [5.41, 5.74) is 3.14. The molecule has 1 aromatic carbocycles. The van der Waals surface area contributed by atoms with E-state index in [4.69, 9.17) is 9.84 Å². The Bertz CT molecular complexity index is 565. The summed E-state index contributed by atoms with van der Waals surface area (Å²) in [6.07, 6.45) is 4.39. The summed E-state index contributed by atoms with van der Waals surface area (Å²) < 4.78 is 4.84. The number of hydrogen-bond donors (Lipinski definition) is 2. The van der Waals surface area contributed by atoms with Gasteiger partial charge >= 0.3 is 11.9 Å². The lowest BCUT2D eigenvalue weighted by molar-refractivity contribution is -0.139. The number of carbonyl (C=O) groups is 2. The summed E-state index contributed by atoms with van der Waals surface area (Å²) in [6, 6.07) is 5.38. The van der Waals surface area contributed by atoms with E-state index >= 15 is 0 Å². The predicted octanol–water partition coefficient (Wildman–Crippen LogP) is 1.75. The molecule has 0 saturated carbocycles. The van der Waals surface area contributed by atoms with E-state index in [1.165, 1.54) is 6.08 Å². The van der Waals surface area contributed by atoms with Crippen molar-refractivity contribution in [3.63, 3.8) is 0 Å². The second-order valence-corrected chi connectivity index (χ2v) is 4.92. The maximum Gasteiger partial charge on any atom is 0.330 e. The van der Waals surface area contributed by atoms with Gasteiger partial charge < -0.3 is 15.2 Å². The molecule has 0 amide bonds. The molecular formula is C16H19NO4. The Balaban J connectivity index is 2.10. The molecule has 21 heavy (non-hydrogen) atoms. The molecule has 0 spiro atoms. The number of aliphatic carboxylic acids is 1. The van der Waals surface area contributed by atoms with Gasteiger partial charge in [-0.2, -0.15) is 0 Å². The first kappa shape index (κ1) is 15.3. The van der Waals surface area contributed by atoms with Crippen LogP contribution in [0.15, 0.2) is 24.3 Å². The molecule has 5 nitrogen and oxygen atoms in total. The first-order valence-corrected chi connectivity index (χ1v) is 7.03. The van der Waals surface area contributed by atoms with Gasteiger partial charge in [0.05, 0.1) is 6.61 Å². The fourth-order valence-electron chi connectivity index (χ4n) is 2.36. The fourth-order valence-corrected chi connectivity index (χ4v) is 2.36. The monoisotopic (exact) mass is 289 g/mol. The molecule has 112 valence electrons. The zero-order valence-electron chi connectivity index (χ0n) is 12.0. The van der Waals surface area contributed by atoms with Crippen LogP contribution in [0.5, 0.6) is 0 Å². The third-order valence-corrected chi connectivity index (χ3v) is 3.47. The second kappa shape index (κ2) is 7.04. The van der Waals surface area contributed by atoms with Crippen LogP contribution >= 0.6 is 0 Å². The van der Waals surface area contributed by atoms with Crippen LogP contribution in [0.3, 0.4) is 0 Å². The van der Waals surface area contributed by atoms with Gasteiger partial charge in [-0.1, -0.05) is 18.2 Å². The van der Waals surface area contributed by atoms with E-state index in [2.05, 4.69) is 5.32 Å². The lowest BCUT2D eigenvalue weighted by Crippen LogP contribution is -2.35. The fraction of sp³-hybridized carbons (Fsp3) is 0.375. The van der Waals surface area contributed by atoms with Gasteiger partial charge in [-0.05, 0) is 42.5 Å². The van der Waals surface area contributed by atoms with E-state index in [1.54, 1.807) is 13.0 Å². The Labute approximate surface area is 123 Å². The van der Waals surface area contributed by atoms with Crippen molar-refractivity contribution >= 4 is 18.0 Å². The van der Waals surface area contributed by atoms with Crippen LogP contribution in [-0.2, 0) is 27.3 Å². The lowest BCUT2D eigenvalue weighted by Gasteiger charge is -2.09. The van der Waals surface area contributed by atoms with Gasteiger partial charge in [0.1, 0.15) is 6.04 Å². The molecule has 0 fully saturated rings. The Morgan fingerprint density at radius 2 is 2.24 bits per heavy atom. The SMILES string of the molecule is CCOC(=O)C=Cc1ccc2c(c1)CCC(C(=O)O)NC2. The number of carboxylic acids is 1. The average Bonchev–Trinajstić information content (AvgIpc) is 2.67. The van der Waals surface area contributed by atoms with E-state index in [1.807, 2.05) is 18.2 Å². The summed E-state index contributed by atoms with van der Waals surface area (Å²) in [6.45, 7) is 2.67. The molecule has 1 atom stereocenters. The highest BCUT2D eigenvalue weighted by Gasteiger charge is 2.20. The van der Waals surface area contributed by atoms with Crippen molar-refractivity contribution < 1.29 is 19.4 Å². The lowest BCUT2D eigenvalue weighted by atomic mass is 10.00. The van der Waals surface area contributed by atoms with Gasteiger partial charge in [0.15, 0.2) is 0 Å². The van der Waals surface area contributed by atoms with Crippen molar-refractivity contribution in [3.8, 4) is 0 Å². The van der Waals surface area contributed by atoms with Crippen molar-refractivity contribution in [2.45, 2.75) is 32.4 Å². The number of carboxylic acid groups (broad SMARTS) is 1. The van der Waals surface area contributed by atoms with Crippen LogP contribution in [-0.4, -0.2) is 29.7 Å². The van der Waals surface area contributed by atoms with Crippen LogP contribution < -0.4 is 5.32 Å². The van der Waals surface area contributed by atoms with Crippen molar-refractivity contribution in [1.29, 1.82) is 0 Å².